The van der Waals surface area contributed by atoms with Crippen LogP contribution in [0, 0.1) is 6.92 Å². The summed E-state index contributed by atoms with van der Waals surface area (Å²) in [6.45, 7) is 1.99. The molecule has 5 nitrogen and oxygen atoms in total. The molecular formula is C18H16BrN3O2. The first-order chi connectivity index (χ1) is 11.6. The Morgan fingerprint density at radius 1 is 1.21 bits per heavy atom. The quantitative estimate of drug-likeness (QED) is 0.731. The summed E-state index contributed by atoms with van der Waals surface area (Å²) in [6.07, 6.45) is 1.69. The van der Waals surface area contributed by atoms with Gasteiger partial charge < -0.3 is 10.1 Å². The van der Waals surface area contributed by atoms with Gasteiger partial charge in [0.05, 0.1) is 24.7 Å². The highest BCUT2D eigenvalue weighted by Crippen LogP contribution is 2.26. The van der Waals surface area contributed by atoms with E-state index in [1.54, 1.807) is 10.9 Å². The zero-order valence-corrected chi connectivity index (χ0v) is 14.9. The number of hydrogen-bond donors (Lipinski definition) is 1. The van der Waals surface area contributed by atoms with Crippen LogP contribution < -0.4 is 10.1 Å². The minimum atomic E-state index is -0.328. The number of aryl methyl sites for hydroxylation is 1. The molecule has 6 heteroatoms. The lowest BCUT2D eigenvalue weighted by molar-refractivity contribution is 0.101. The summed E-state index contributed by atoms with van der Waals surface area (Å²) in [5.41, 5.74) is 2.87. The maximum atomic E-state index is 12.6. The van der Waals surface area contributed by atoms with Crippen molar-refractivity contribution in [3.63, 3.8) is 0 Å². The first-order valence-corrected chi connectivity index (χ1v) is 8.14. The number of hydrogen-bond acceptors (Lipinski definition) is 3. The number of carbonyl (C=O) groups is 1. The third kappa shape index (κ3) is 3.33. The van der Waals surface area contributed by atoms with Gasteiger partial charge in [-0.2, -0.15) is 5.10 Å². The van der Waals surface area contributed by atoms with Crippen molar-refractivity contribution in [1.29, 1.82) is 0 Å². The van der Waals surface area contributed by atoms with Gasteiger partial charge in [0.1, 0.15) is 0 Å². The number of methoxy groups -OCH3 is 1. The largest absolute Gasteiger partial charge is 0.493 e. The van der Waals surface area contributed by atoms with Crippen molar-refractivity contribution in [1.82, 2.24) is 9.78 Å². The van der Waals surface area contributed by atoms with Crippen molar-refractivity contribution in [3.05, 3.63) is 70.5 Å². The Balaban J connectivity index is 1.90. The molecule has 0 saturated carbocycles. The molecule has 0 atom stereocenters. The van der Waals surface area contributed by atoms with Crippen LogP contribution in [0.1, 0.15) is 16.1 Å². The molecule has 0 saturated heterocycles. The summed E-state index contributed by atoms with van der Waals surface area (Å²) >= 11 is 3.45. The molecule has 1 heterocycles. The number of nitrogens with zero attached hydrogens (tertiary/aromatic N) is 2. The van der Waals surface area contributed by atoms with Gasteiger partial charge in [-0.1, -0.05) is 24.3 Å². The van der Waals surface area contributed by atoms with Crippen LogP contribution in [0.2, 0.25) is 0 Å². The number of nitrogens with one attached hydrogen (secondary N) is 1. The van der Waals surface area contributed by atoms with Gasteiger partial charge in [-0.3, -0.25) is 4.79 Å². The Bertz CT molecular complexity index is 875. The van der Waals surface area contributed by atoms with Crippen LogP contribution in [0.15, 0.2) is 59.2 Å². The average molecular weight is 386 g/mol. The number of amides is 1. The lowest BCUT2D eigenvalue weighted by Crippen LogP contribution is -2.14. The number of ether oxygens (including phenoxy) is 1. The van der Waals surface area contributed by atoms with E-state index in [0.29, 0.717) is 11.4 Å². The van der Waals surface area contributed by atoms with Gasteiger partial charge in [-0.05, 0) is 52.7 Å². The van der Waals surface area contributed by atoms with Crippen molar-refractivity contribution in [2.45, 2.75) is 6.92 Å². The fourth-order valence-corrected chi connectivity index (χ4v) is 2.87. The summed E-state index contributed by atoms with van der Waals surface area (Å²) in [6, 6.07) is 15.3. The highest BCUT2D eigenvalue weighted by molar-refractivity contribution is 9.10. The number of halogens is 1. The van der Waals surface area contributed by atoms with Crippen LogP contribution in [-0.2, 0) is 0 Å². The van der Waals surface area contributed by atoms with Gasteiger partial charge in [0.2, 0.25) is 0 Å². The van der Waals surface area contributed by atoms with Crippen molar-refractivity contribution < 1.29 is 9.53 Å². The fraction of sp³-hybridized carbons (Fsp3) is 0.111. The zero-order chi connectivity index (χ0) is 17.1. The Morgan fingerprint density at radius 3 is 2.62 bits per heavy atom. The van der Waals surface area contributed by atoms with Crippen LogP contribution in [0.5, 0.6) is 5.75 Å². The van der Waals surface area contributed by atoms with Crippen LogP contribution in [-0.4, -0.2) is 22.8 Å². The van der Waals surface area contributed by atoms with Crippen LogP contribution in [0.4, 0.5) is 5.69 Å². The van der Waals surface area contributed by atoms with E-state index >= 15 is 0 Å². The molecule has 24 heavy (non-hydrogen) atoms. The fourth-order valence-electron chi connectivity index (χ4n) is 2.28. The first-order valence-electron chi connectivity index (χ1n) is 7.35. The lowest BCUT2D eigenvalue weighted by Gasteiger charge is -2.07. The van der Waals surface area contributed by atoms with E-state index in [0.717, 1.165) is 15.7 Å². The molecule has 3 rings (SSSR count). The molecule has 0 aliphatic rings. The maximum absolute atomic E-state index is 12.6. The van der Waals surface area contributed by atoms with Gasteiger partial charge in [-0.15, -0.1) is 0 Å². The van der Waals surface area contributed by atoms with Crippen LogP contribution >= 0.6 is 15.9 Å². The van der Waals surface area contributed by atoms with E-state index < -0.39 is 0 Å². The SMILES string of the molecule is COc1cn(-c2ccccc2)nc1C(=O)Nc1ccc(C)cc1Br. The number of rotatable bonds is 4. The highest BCUT2D eigenvalue weighted by atomic mass is 79.9. The summed E-state index contributed by atoms with van der Waals surface area (Å²) in [5.74, 6) is 0.0886. The van der Waals surface area contributed by atoms with Gasteiger partial charge >= 0.3 is 0 Å². The van der Waals surface area contributed by atoms with E-state index in [1.807, 2.05) is 55.5 Å². The van der Waals surface area contributed by atoms with E-state index in [2.05, 4.69) is 26.3 Å². The normalized spacial score (nSPS) is 10.5. The van der Waals surface area contributed by atoms with Crippen LogP contribution in [0.3, 0.4) is 0 Å². The molecule has 0 spiro atoms. The highest BCUT2D eigenvalue weighted by Gasteiger charge is 2.19. The topological polar surface area (TPSA) is 56.2 Å². The van der Waals surface area contributed by atoms with Gasteiger partial charge in [0.15, 0.2) is 11.4 Å². The molecule has 3 aromatic rings. The van der Waals surface area contributed by atoms with E-state index in [4.69, 9.17) is 4.74 Å². The lowest BCUT2D eigenvalue weighted by atomic mass is 10.2. The second-order valence-electron chi connectivity index (χ2n) is 5.26. The Morgan fingerprint density at radius 2 is 1.96 bits per heavy atom. The molecule has 0 aliphatic heterocycles. The van der Waals surface area contributed by atoms with E-state index in [1.165, 1.54) is 7.11 Å². The van der Waals surface area contributed by atoms with Crippen molar-refractivity contribution >= 4 is 27.5 Å². The predicted octanol–water partition coefficient (Wildman–Crippen LogP) is 4.20. The van der Waals surface area contributed by atoms with Gasteiger partial charge in [-0.25, -0.2) is 4.68 Å². The Kier molecular flexibility index (Phi) is 4.66. The van der Waals surface area contributed by atoms with Crippen molar-refractivity contribution in [2.75, 3.05) is 12.4 Å². The number of anilines is 1. The zero-order valence-electron chi connectivity index (χ0n) is 13.3. The molecule has 1 aromatic heterocycles. The summed E-state index contributed by atoms with van der Waals surface area (Å²) < 4.78 is 7.74. The first kappa shape index (κ1) is 16.3. The standard InChI is InChI=1S/C18H16BrN3O2/c1-12-8-9-15(14(19)10-12)20-18(23)17-16(24-2)11-22(21-17)13-6-4-3-5-7-13/h3-11H,1-2H3,(H,20,23). The maximum Gasteiger partial charge on any atom is 0.280 e. The van der Waals surface area contributed by atoms with Gasteiger partial charge in [0.25, 0.3) is 5.91 Å². The second kappa shape index (κ2) is 6.88. The van der Waals surface area contributed by atoms with Crippen LogP contribution in [0.25, 0.3) is 5.69 Å². The number of aromatic nitrogens is 2. The summed E-state index contributed by atoms with van der Waals surface area (Å²) in [5, 5.41) is 7.21. The molecule has 0 radical (unpaired) electrons. The third-order valence-electron chi connectivity index (χ3n) is 3.51. The molecule has 0 fully saturated rings. The second-order valence-corrected chi connectivity index (χ2v) is 6.12. The van der Waals surface area contributed by atoms with E-state index in [9.17, 15) is 4.79 Å². The molecule has 1 amide bonds. The summed E-state index contributed by atoms with van der Waals surface area (Å²) in [7, 11) is 1.52. The van der Waals surface area contributed by atoms with Crippen molar-refractivity contribution in [2.24, 2.45) is 0 Å². The van der Waals surface area contributed by atoms with E-state index in [-0.39, 0.29) is 11.6 Å². The number of carbonyl (C=O) groups excluding carboxylic acids is 1. The smallest absolute Gasteiger partial charge is 0.280 e. The van der Waals surface area contributed by atoms with Gasteiger partial charge in [0, 0.05) is 4.47 Å². The average Bonchev–Trinajstić information content (AvgIpc) is 3.02. The number of para-hydroxylation sites is 1. The Labute approximate surface area is 148 Å². The molecular weight excluding hydrogens is 370 g/mol. The molecule has 2 aromatic carbocycles. The Hall–Kier alpha value is -2.60. The molecule has 0 bridgehead atoms. The minimum absolute atomic E-state index is 0.230. The molecule has 0 aliphatic carbocycles. The molecule has 1 N–H and O–H groups in total. The third-order valence-corrected chi connectivity index (χ3v) is 4.17. The predicted molar refractivity (Wildman–Crippen MR) is 96.9 cm³/mol. The number of benzene rings is 2. The van der Waals surface area contributed by atoms with Crippen molar-refractivity contribution in [3.8, 4) is 11.4 Å². The molecule has 0 unspecified atom stereocenters. The molecule has 122 valence electrons. The summed E-state index contributed by atoms with van der Waals surface area (Å²) in [4.78, 5) is 12.6. The minimum Gasteiger partial charge on any atom is -0.493 e. The monoisotopic (exact) mass is 385 g/mol.